The maximum atomic E-state index is 13.0. The number of halogens is 1. The Labute approximate surface area is 208 Å². The number of hydrogen-bond donors (Lipinski definition) is 2. The lowest BCUT2D eigenvalue weighted by Gasteiger charge is -2.29. The first-order chi connectivity index (χ1) is 15.9. The third-order valence-electron chi connectivity index (χ3n) is 5.73. The smallest absolute Gasteiger partial charge is 0.408 e. The number of Topliss-reactive ketones (excluding diaryl/α,β-unsaturated/α-hetero) is 1. The van der Waals surface area contributed by atoms with Crippen molar-refractivity contribution < 1.29 is 14.3 Å². The van der Waals surface area contributed by atoms with Crippen molar-refractivity contribution in [2.24, 2.45) is 5.92 Å². The van der Waals surface area contributed by atoms with Crippen LogP contribution in [0.4, 0.5) is 16.2 Å². The monoisotopic (exact) mass is 523 g/mol. The van der Waals surface area contributed by atoms with Gasteiger partial charge in [0.05, 0.1) is 22.3 Å². The number of rotatable bonds is 6. The van der Waals surface area contributed by atoms with E-state index in [4.69, 9.17) is 4.74 Å². The van der Waals surface area contributed by atoms with Crippen LogP contribution < -0.4 is 10.6 Å². The third kappa shape index (κ3) is 5.58. The van der Waals surface area contributed by atoms with Crippen molar-refractivity contribution in [3.05, 3.63) is 64.3 Å². The number of nitrogens with one attached hydrogen (secondary N) is 2. The number of hydrogen-bond acceptors (Lipinski definition) is 5. The zero-order chi connectivity index (χ0) is 24.7. The van der Waals surface area contributed by atoms with Crippen LogP contribution in [0.15, 0.2) is 53.1 Å². The molecule has 3 aromatic rings. The van der Waals surface area contributed by atoms with Crippen molar-refractivity contribution in [3.63, 3.8) is 0 Å². The van der Waals surface area contributed by atoms with Crippen LogP contribution in [-0.4, -0.2) is 22.5 Å². The molecule has 2 N–H and O–H groups in total. The summed E-state index contributed by atoms with van der Waals surface area (Å²) in [7, 11) is 0. The van der Waals surface area contributed by atoms with Gasteiger partial charge in [0, 0.05) is 27.7 Å². The van der Waals surface area contributed by atoms with Gasteiger partial charge in [0.1, 0.15) is 5.60 Å². The van der Waals surface area contributed by atoms with Crippen LogP contribution in [0.3, 0.4) is 0 Å². The van der Waals surface area contributed by atoms with Crippen molar-refractivity contribution in [2.75, 3.05) is 5.32 Å². The molecule has 0 atom stereocenters. The Morgan fingerprint density at radius 1 is 1.03 bits per heavy atom. The van der Waals surface area contributed by atoms with Crippen molar-refractivity contribution in [1.82, 2.24) is 10.3 Å². The molecule has 34 heavy (non-hydrogen) atoms. The minimum atomic E-state index is -0.623. The topological polar surface area (TPSA) is 80.3 Å². The van der Waals surface area contributed by atoms with Gasteiger partial charge in [0.15, 0.2) is 5.78 Å². The number of amides is 1. The van der Waals surface area contributed by atoms with E-state index in [1.807, 2.05) is 77.1 Å². The van der Waals surface area contributed by atoms with Gasteiger partial charge in [-0.25, -0.2) is 4.79 Å². The highest BCUT2D eigenvalue weighted by Gasteiger charge is 2.32. The van der Waals surface area contributed by atoms with E-state index in [1.54, 1.807) is 6.20 Å². The Kier molecular flexibility index (Phi) is 6.42. The van der Waals surface area contributed by atoms with E-state index in [9.17, 15) is 9.59 Å². The molecule has 1 aliphatic rings. The lowest BCUT2D eigenvalue weighted by atomic mass is 9.94. The Bertz CT molecular complexity index is 1240. The molecule has 0 spiro atoms. The molecule has 1 aliphatic carbocycles. The predicted molar refractivity (Wildman–Crippen MR) is 139 cm³/mol. The van der Waals surface area contributed by atoms with Crippen molar-refractivity contribution in [2.45, 2.75) is 58.6 Å². The first kappa shape index (κ1) is 24.2. The predicted octanol–water partition coefficient (Wildman–Crippen LogP) is 7.09. The molecule has 1 aromatic heterocycles. The number of anilines is 2. The molecule has 1 heterocycles. The fraction of sp³-hybridized carbons (Fsp3) is 0.370. The van der Waals surface area contributed by atoms with Crippen LogP contribution >= 0.6 is 15.9 Å². The fourth-order valence-electron chi connectivity index (χ4n) is 3.80. The Morgan fingerprint density at radius 3 is 2.32 bits per heavy atom. The number of carbonyl (C=O) groups excluding carboxylic acids is 2. The molecular formula is C27H30BrN3O3. The average molecular weight is 524 g/mol. The van der Waals surface area contributed by atoms with Crippen LogP contribution in [-0.2, 0) is 10.3 Å². The molecule has 7 heteroatoms. The van der Waals surface area contributed by atoms with Gasteiger partial charge in [0.2, 0.25) is 0 Å². The maximum Gasteiger partial charge on any atom is 0.408 e. The second-order valence-corrected chi connectivity index (χ2v) is 11.2. The highest BCUT2D eigenvalue weighted by Crippen LogP contribution is 2.38. The van der Waals surface area contributed by atoms with Crippen molar-refractivity contribution in [3.8, 4) is 0 Å². The molecule has 0 aliphatic heterocycles. The Hall–Kier alpha value is -2.93. The number of pyridine rings is 1. The first-order valence-electron chi connectivity index (χ1n) is 11.4. The van der Waals surface area contributed by atoms with Crippen LogP contribution in [0.25, 0.3) is 10.9 Å². The van der Waals surface area contributed by atoms with Gasteiger partial charge in [-0.2, -0.15) is 0 Å². The minimum Gasteiger partial charge on any atom is -0.444 e. The molecule has 0 unspecified atom stereocenters. The molecule has 0 saturated heterocycles. The van der Waals surface area contributed by atoms with Gasteiger partial charge in [0.25, 0.3) is 0 Å². The summed E-state index contributed by atoms with van der Waals surface area (Å²) in [6.07, 6.45) is 3.09. The summed E-state index contributed by atoms with van der Waals surface area (Å²) in [5.41, 5.74) is 2.78. The summed E-state index contributed by atoms with van der Waals surface area (Å²) in [5.74, 6) is 0.227. The second kappa shape index (κ2) is 9.02. The minimum absolute atomic E-state index is 0.0917. The van der Waals surface area contributed by atoms with Crippen molar-refractivity contribution in [1.29, 1.82) is 0 Å². The van der Waals surface area contributed by atoms with Gasteiger partial charge < -0.3 is 15.4 Å². The quantitative estimate of drug-likeness (QED) is 0.337. The molecule has 178 valence electrons. The number of aromatic nitrogens is 1. The molecule has 1 amide bonds. The van der Waals surface area contributed by atoms with E-state index in [-0.39, 0.29) is 11.7 Å². The van der Waals surface area contributed by atoms with Crippen LogP contribution in [0.5, 0.6) is 0 Å². The SMILES string of the molecule is CC(C)(C)OC(=O)NC(C)(C)c1ccc(Nc2c(C(=O)C3CC3)cnc3ccc(Br)cc23)cc1. The summed E-state index contributed by atoms with van der Waals surface area (Å²) >= 11 is 3.54. The molecule has 0 bridgehead atoms. The molecule has 1 fully saturated rings. The highest BCUT2D eigenvalue weighted by molar-refractivity contribution is 9.10. The average Bonchev–Trinajstić information content (AvgIpc) is 3.57. The number of nitrogens with zero attached hydrogens (tertiary/aromatic N) is 1. The summed E-state index contributed by atoms with van der Waals surface area (Å²) in [6.45, 7) is 9.37. The molecule has 6 nitrogen and oxygen atoms in total. The van der Waals surface area contributed by atoms with Crippen LogP contribution in [0.2, 0.25) is 0 Å². The largest absolute Gasteiger partial charge is 0.444 e. The third-order valence-corrected chi connectivity index (χ3v) is 6.23. The van der Waals surface area contributed by atoms with Crippen LogP contribution in [0.1, 0.15) is 63.4 Å². The molecule has 1 saturated carbocycles. The van der Waals surface area contributed by atoms with Gasteiger partial charge in [-0.3, -0.25) is 9.78 Å². The Balaban J connectivity index is 1.61. The zero-order valence-electron chi connectivity index (χ0n) is 20.2. The highest BCUT2D eigenvalue weighted by atomic mass is 79.9. The number of alkyl carbamates (subject to hydrolysis) is 1. The van der Waals surface area contributed by atoms with E-state index in [0.29, 0.717) is 5.56 Å². The fourth-order valence-corrected chi connectivity index (χ4v) is 4.16. The van der Waals surface area contributed by atoms with Gasteiger partial charge in [-0.1, -0.05) is 28.1 Å². The van der Waals surface area contributed by atoms with Gasteiger partial charge in [-0.15, -0.1) is 0 Å². The summed E-state index contributed by atoms with van der Waals surface area (Å²) in [4.78, 5) is 29.8. The standard InChI is InChI=1S/C27H30BrN3O3/c1-26(2,3)34-25(33)31-27(4,5)17-8-11-19(12-9-17)30-23-20-14-18(28)10-13-22(20)29-15-21(23)24(32)16-6-7-16/h8-16H,6-7H2,1-5H3,(H,29,30)(H,31,33). The molecule has 4 rings (SSSR count). The van der Waals surface area contributed by atoms with Gasteiger partial charge in [-0.05, 0) is 83.4 Å². The molecule has 0 radical (unpaired) electrons. The van der Waals surface area contributed by atoms with E-state index in [2.05, 4.69) is 31.5 Å². The number of carbonyl (C=O) groups is 2. The zero-order valence-corrected chi connectivity index (χ0v) is 21.7. The molecule has 2 aromatic carbocycles. The second-order valence-electron chi connectivity index (χ2n) is 10.3. The van der Waals surface area contributed by atoms with Crippen molar-refractivity contribution >= 4 is 50.1 Å². The first-order valence-corrected chi connectivity index (χ1v) is 12.2. The van der Waals surface area contributed by atoms with E-state index < -0.39 is 17.2 Å². The van der Waals surface area contributed by atoms with Gasteiger partial charge >= 0.3 is 6.09 Å². The summed E-state index contributed by atoms with van der Waals surface area (Å²) in [5, 5.41) is 7.28. The summed E-state index contributed by atoms with van der Waals surface area (Å²) < 4.78 is 6.33. The number of benzene rings is 2. The van der Waals surface area contributed by atoms with E-state index in [1.165, 1.54) is 0 Å². The number of ether oxygens (including phenoxy) is 1. The normalized spacial score (nSPS) is 14.1. The molecular weight excluding hydrogens is 494 g/mol. The number of fused-ring (bicyclic) bond motifs is 1. The maximum absolute atomic E-state index is 13.0. The lowest BCUT2D eigenvalue weighted by Crippen LogP contribution is -2.43. The summed E-state index contributed by atoms with van der Waals surface area (Å²) in [6, 6.07) is 13.7. The van der Waals surface area contributed by atoms with E-state index >= 15 is 0 Å². The number of ketones is 1. The lowest BCUT2D eigenvalue weighted by molar-refractivity contribution is 0.0470. The van der Waals surface area contributed by atoms with Crippen LogP contribution in [0, 0.1) is 5.92 Å². The van der Waals surface area contributed by atoms with E-state index in [0.717, 1.165) is 45.2 Å². The Morgan fingerprint density at radius 2 is 1.71 bits per heavy atom.